The molecule has 0 saturated heterocycles. The topological polar surface area (TPSA) is 59.4 Å². The molecule has 6 nitrogen and oxygen atoms in total. The zero-order valence-electron chi connectivity index (χ0n) is 18.6. The Kier molecular flexibility index (Phi) is 7.36. The van der Waals surface area contributed by atoms with E-state index < -0.39 is 0 Å². The Morgan fingerprint density at radius 3 is 2.55 bits per heavy atom. The maximum Gasteiger partial charge on any atom is 0.256 e. The monoisotopic (exact) mass is 440 g/mol. The number of rotatable bonds is 8. The number of halogens is 1. The molecule has 0 aliphatic rings. The Labute approximate surface area is 188 Å². The van der Waals surface area contributed by atoms with E-state index >= 15 is 0 Å². The number of benzene rings is 2. The molecule has 0 bridgehead atoms. The van der Waals surface area contributed by atoms with Crippen molar-refractivity contribution in [3.63, 3.8) is 0 Å². The zero-order chi connectivity index (χ0) is 22.5. The van der Waals surface area contributed by atoms with Gasteiger partial charge in [-0.2, -0.15) is 5.10 Å². The summed E-state index contributed by atoms with van der Waals surface area (Å²) in [5.74, 6) is 0.555. The van der Waals surface area contributed by atoms with Gasteiger partial charge in [-0.1, -0.05) is 53.6 Å². The second-order valence-electron chi connectivity index (χ2n) is 7.86. The maximum atomic E-state index is 13.0. The summed E-state index contributed by atoms with van der Waals surface area (Å²) in [5.41, 5.74) is 4.35. The number of carbonyl (C=O) groups is 1. The second-order valence-corrected chi connectivity index (χ2v) is 8.22. The molecule has 2 aromatic carbocycles. The van der Waals surface area contributed by atoms with Crippen LogP contribution in [0.5, 0.6) is 5.75 Å². The van der Waals surface area contributed by atoms with E-state index in [-0.39, 0.29) is 11.9 Å². The first-order valence-electron chi connectivity index (χ1n) is 10.2. The van der Waals surface area contributed by atoms with Crippen LogP contribution in [0.4, 0.5) is 0 Å². The standard InChI is InChI=1S/C24H29ClN4O2/c1-16-9-11-18(12-10-16)15-29-23(25)22(17(2)27-29)24(30)26-14-21(28(3)4)19-7-6-8-20(13-19)31-5/h6-13,21H,14-15H2,1-5H3,(H,26,30). The fourth-order valence-electron chi connectivity index (χ4n) is 3.51. The molecule has 0 aliphatic carbocycles. The number of ether oxygens (including phenoxy) is 1. The van der Waals surface area contributed by atoms with Crippen LogP contribution in [-0.2, 0) is 6.54 Å². The number of likely N-dealkylation sites (N-methyl/N-ethyl adjacent to an activating group) is 1. The minimum Gasteiger partial charge on any atom is -0.497 e. The van der Waals surface area contributed by atoms with E-state index in [1.165, 1.54) is 5.56 Å². The summed E-state index contributed by atoms with van der Waals surface area (Å²) in [5, 5.41) is 7.86. The summed E-state index contributed by atoms with van der Waals surface area (Å²) >= 11 is 6.55. The lowest BCUT2D eigenvalue weighted by Crippen LogP contribution is -2.34. The lowest BCUT2D eigenvalue weighted by atomic mass is 10.1. The first kappa shape index (κ1) is 22.8. The molecule has 0 radical (unpaired) electrons. The molecular formula is C24H29ClN4O2. The molecule has 164 valence electrons. The van der Waals surface area contributed by atoms with Crippen molar-refractivity contribution in [3.05, 3.63) is 81.6 Å². The van der Waals surface area contributed by atoms with Gasteiger partial charge < -0.3 is 15.0 Å². The van der Waals surface area contributed by atoms with Crippen molar-refractivity contribution in [2.45, 2.75) is 26.4 Å². The van der Waals surface area contributed by atoms with Crippen LogP contribution in [0.3, 0.4) is 0 Å². The first-order valence-corrected chi connectivity index (χ1v) is 10.5. The molecule has 3 aromatic rings. The van der Waals surface area contributed by atoms with Gasteiger partial charge in [-0.05, 0) is 51.2 Å². The van der Waals surface area contributed by atoms with Crippen LogP contribution in [0.25, 0.3) is 0 Å². The molecule has 0 aliphatic heterocycles. The number of hydrogen-bond acceptors (Lipinski definition) is 4. The number of methoxy groups -OCH3 is 1. The molecule has 1 heterocycles. The number of aromatic nitrogens is 2. The van der Waals surface area contributed by atoms with Gasteiger partial charge in [-0.15, -0.1) is 0 Å². The van der Waals surface area contributed by atoms with Crippen LogP contribution >= 0.6 is 11.6 Å². The fraction of sp³-hybridized carbons (Fsp3) is 0.333. The molecule has 0 spiro atoms. The van der Waals surface area contributed by atoms with Gasteiger partial charge >= 0.3 is 0 Å². The second kappa shape index (κ2) is 9.98. The third-order valence-corrected chi connectivity index (χ3v) is 5.69. The minimum absolute atomic E-state index is 0.0132. The Hall–Kier alpha value is -2.83. The smallest absolute Gasteiger partial charge is 0.256 e. The zero-order valence-corrected chi connectivity index (χ0v) is 19.4. The van der Waals surface area contributed by atoms with Gasteiger partial charge in [-0.25, -0.2) is 4.68 Å². The van der Waals surface area contributed by atoms with Crippen LogP contribution in [0.15, 0.2) is 48.5 Å². The molecule has 1 amide bonds. The van der Waals surface area contributed by atoms with Gasteiger partial charge in [0.1, 0.15) is 10.9 Å². The SMILES string of the molecule is COc1cccc(C(CNC(=O)c2c(C)nn(Cc3ccc(C)cc3)c2Cl)N(C)C)c1. The van der Waals surface area contributed by atoms with Crippen LogP contribution in [-0.4, -0.2) is 48.3 Å². The van der Waals surface area contributed by atoms with Crippen molar-refractivity contribution in [2.24, 2.45) is 0 Å². The predicted molar refractivity (Wildman–Crippen MR) is 124 cm³/mol. The summed E-state index contributed by atoms with van der Waals surface area (Å²) in [4.78, 5) is 15.0. The highest BCUT2D eigenvalue weighted by atomic mass is 35.5. The number of amides is 1. The van der Waals surface area contributed by atoms with E-state index in [1.807, 2.05) is 69.6 Å². The molecule has 1 N–H and O–H groups in total. The van der Waals surface area contributed by atoms with Crippen molar-refractivity contribution in [2.75, 3.05) is 27.7 Å². The Morgan fingerprint density at radius 1 is 1.19 bits per heavy atom. The highest BCUT2D eigenvalue weighted by Gasteiger charge is 2.22. The normalized spacial score (nSPS) is 12.1. The van der Waals surface area contributed by atoms with E-state index in [2.05, 4.69) is 15.3 Å². The highest BCUT2D eigenvalue weighted by molar-refractivity contribution is 6.33. The van der Waals surface area contributed by atoms with Crippen molar-refractivity contribution in [3.8, 4) is 5.75 Å². The Morgan fingerprint density at radius 2 is 1.90 bits per heavy atom. The van der Waals surface area contributed by atoms with Gasteiger partial charge in [0, 0.05) is 6.54 Å². The number of nitrogens with one attached hydrogen (secondary N) is 1. The fourth-order valence-corrected chi connectivity index (χ4v) is 3.83. The van der Waals surface area contributed by atoms with E-state index in [4.69, 9.17) is 16.3 Å². The summed E-state index contributed by atoms with van der Waals surface area (Å²) in [6, 6.07) is 16.0. The molecular weight excluding hydrogens is 412 g/mol. The molecule has 1 unspecified atom stereocenters. The average Bonchev–Trinajstić information content (AvgIpc) is 3.02. The van der Waals surface area contributed by atoms with Gasteiger partial charge in [0.05, 0.1) is 31.0 Å². The predicted octanol–water partition coefficient (Wildman–Crippen LogP) is 4.24. The van der Waals surface area contributed by atoms with Crippen molar-refractivity contribution >= 4 is 17.5 Å². The van der Waals surface area contributed by atoms with Crippen LogP contribution < -0.4 is 10.1 Å². The van der Waals surface area contributed by atoms with Crippen molar-refractivity contribution in [1.82, 2.24) is 20.0 Å². The van der Waals surface area contributed by atoms with Crippen LogP contribution in [0, 0.1) is 13.8 Å². The molecule has 0 saturated carbocycles. The Bertz CT molecular complexity index is 1040. The first-order chi connectivity index (χ1) is 14.8. The molecule has 1 atom stereocenters. The van der Waals surface area contributed by atoms with Gasteiger partial charge in [0.2, 0.25) is 0 Å². The minimum atomic E-state index is -0.229. The third-order valence-electron chi connectivity index (χ3n) is 5.30. The summed E-state index contributed by atoms with van der Waals surface area (Å²) in [6.07, 6.45) is 0. The number of aryl methyl sites for hydroxylation is 2. The lowest BCUT2D eigenvalue weighted by Gasteiger charge is -2.25. The van der Waals surface area contributed by atoms with Crippen LogP contribution in [0.2, 0.25) is 5.15 Å². The summed E-state index contributed by atoms with van der Waals surface area (Å²) in [6.45, 7) is 4.79. The third kappa shape index (κ3) is 5.46. The van der Waals surface area contributed by atoms with Gasteiger partial charge in [-0.3, -0.25) is 4.79 Å². The lowest BCUT2D eigenvalue weighted by molar-refractivity contribution is 0.0941. The molecule has 0 fully saturated rings. The van der Waals surface area contributed by atoms with Crippen LogP contribution in [0.1, 0.15) is 38.8 Å². The van der Waals surface area contributed by atoms with E-state index in [1.54, 1.807) is 18.7 Å². The number of carbonyl (C=O) groups excluding carboxylic acids is 1. The van der Waals surface area contributed by atoms with Crippen molar-refractivity contribution < 1.29 is 9.53 Å². The Balaban J connectivity index is 1.74. The van der Waals surface area contributed by atoms with E-state index in [9.17, 15) is 4.79 Å². The maximum absolute atomic E-state index is 13.0. The average molecular weight is 441 g/mol. The van der Waals surface area contributed by atoms with Crippen molar-refractivity contribution in [1.29, 1.82) is 0 Å². The number of hydrogen-bond donors (Lipinski definition) is 1. The quantitative estimate of drug-likeness (QED) is 0.569. The molecule has 1 aromatic heterocycles. The highest BCUT2D eigenvalue weighted by Crippen LogP contribution is 2.24. The molecule has 3 rings (SSSR count). The van der Waals surface area contributed by atoms with Gasteiger partial charge in [0.15, 0.2) is 0 Å². The van der Waals surface area contributed by atoms with E-state index in [0.29, 0.717) is 29.5 Å². The molecule has 31 heavy (non-hydrogen) atoms. The van der Waals surface area contributed by atoms with E-state index in [0.717, 1.165) is 16.9 Å². The van der Waals surface area contributed by atoms with Gasteiger partial charge in [0.25, 0.3) is 5.91 Å². The molecule has 7 heteroatoms. The largest absolute Gasteiger partial charge is 0.497 e. The summed E-state index contributed by atoms with van der Waals surface area (Å²) < 4.78 is 7.00. The number of nitrogens with zero attached hydrogens (tertiary/aromatic N) is 3. The summed E-state index contributed by atoms with van der Waals surface area (Å²) in [7, 11) is 5.60.